The third kappa shape index (κ3) is 2.92. The number of nitrogens with zero attached hydrogens (tertiary/aromatic N) is 2. The third-order valence-electron chi connectivity index (χ3n) is 6.23. The van der Waals surface area contributed by atoms with Crippen LogP contribution in [0.3, 0.4) is 0 Å². The molecule has 0 aromatic heterocycles. The number of carbonyl (C=O) groups is 3. The summed E-state index contributed by atoms with van der Waals surface area (Å²) in [6, 6.07) is 5.23. The molecule has 0 saturated carbocycles. The van der Waals surface area contributed by atoms with Gasteiger partial charge in [0.25, 0.3) is 5.91 Å². The van der Waals surface area contributed by atoms with Gasteiger partial charge in [-0.3, -0.25) is 24.6 Å². The van der Waals surface area contributed by atoms with Crippen LogP contribution in [0.4, 0.5) is 0 Å². The second kappa shape index (κ2) is 6.65. The van der Waals surface area contributed by atoms with Crippen molar-refractivity contribution in [2.24, 2.45) is 0 Å². The lowest BCUT2D eigenvalue weighted by Gasteiger charge is -2.51. The van der Waals surface area contributed by atoms with Crippen molar-refractivity contribution in [2.45, 2.75) is 37.6 Å². The number of imide groups is 1. The fourth-order valence-electron chi connectivity index (χ4n) is 4.83. The molecule has 1 aromatic rings. The highest BCUT2D eigenvalue weighted by Gasteiger charge is 2.45. The Hall–Kier alpha value is -2.29. The fourth-order valence-corrected chi connectivity index (χ4v) is 4.83. The van der Waals surface area contributed by atoms with Gasteiger partial charge in [-0.1, -0.05) is 12.1 Å². The first kappa shape index (κ1) is 17.8. The summed E-state index contributed by atoms with van der Waals surface area (Å²) in [7, 11) is 0. The largest absolute Gasteiger partial charge is 0.370 e. The van der Waals surface area contributed by atoms with Gasteiger partial charge in [0.05, 0.1) is 6.61 Å². The third-order valence-corrected chi connectivity index (χ3v) is 6.23. The highest BCUT2D eigenvalue weighted by molar-refractivity contribution is 6.05. The number of ether oxygens (including phenoxy) is 1. The quantitative estimate of drug-likeness (QED) is 0.691. The van der Waals surface area contributed by atoms with Gasteiger partial charge in [0, 0.05) is 51.3 Å². The van der Waals surface area contributed by atoms with Gasteiger partial charge < -0.3 is 15.0 Å². The first-order chi connectivity index (χ1) is 13.5. The van der Waals surface area contributed by atoms with Crippen molar-refractivity contribution in [3.05, 3.63) is 34.9 Å². The van der Waals surface area contributed by atoms with Crippen LogP contribution in [0.25, 0.3) is 0 Å². The van der Waals surface area contributed by atoms with Crippen molar-refractivity contribution in [1.29, 1.82) is 0 Å². The number of hydrogen-bond donors (Lipinski definition) is 2. The summed E-state index contributed by atoms with van der Waals surface area (Å²) in [6.45, 7) is 5.51. The zero-order valence-corrected chi connectivity index (χ0v) is 15.7. The molecule has 1 atom stereocenters. The topological polar surface area (TPSA) is 91.0 Å². The molecule has 0 aliphatic carbocycles. The average Bonchev–Trinajstić information content (AvgIpc) is 2.99. The summed E-state index contributed by atoms with van der Waals surface area (Å²) < 4.78 is 5.96. The Morgan fingerprint density at radius 1 is 1.21 bits per heavy atom. The monoisotopic (exact) mass is 384 g/mol. The minimum atomic E-state index is -0.570. The van der Waals surface area contributed by atoms with Crippen molar-refractivity contribution in [2.75, 3.05) is 32.8 Å². The number of fused-ring (bicyclic) bond motifs is 1. The van der Waals surface area contributed by atoms with E-state index in [9.17, 15) is 14.4 Å². The number of morpholine rings is 1. The molecular weight excluding hydrogens is 360 g/mol. The van der Waals surface area contributed by atoms with Crippen LogP contribution < -0.4 is 10.6 Å². The zero-order valence-electron chi connectivity index (χ0n) is 15.7. The van der Waals surface area contributed by atoms with Gasteiger partial charge in [-0.2, -0.15) is 0 Å². The molecule has 148 valence electrons. The molecule has 1 aromatic carbocycles. The van der Waals surface area contributed by atoms with Gasteiger partial charge in [-0.15, -0.1) is 0 Å². The van der Waals surface area contributed by atoms with Crippen molar-refractivity contribution >= 4 is 17.7 Å². The lowest BCUT2D eigenvalue weighted by Crippen LogP contribution is -2.69. The maximum atomic E-state index is 12.9. The van der Waals surface area contributed by atoms with Crippen LogP contribution in [0.1, 0.15) is 34.3 Å². The number of rotatable bonds is 3. The minimum Gasteiger partial charge on any atom is -0.370 e. The Labute approximate surface area is 163 Å². The average molecular weight is 384 g/mol. The number of piperidine rings is 1. The molecule has 0 radical (unpaired) electrons. The molecular formula is C20H24N4O4. The van der Waals surface area contributed by atoms with Crippen molar-refractivity contribution < 1.29 is 19.1 Å². The van der Waals surface area contributed by atoms with Gasteiger partial charge in [-0.25, -0.2) is 0 Å². The molecule has 3 fully saturated rings. The van der Waals surface area contributed by atoms with Crippen LogP contribution in [-0.2, 0) is 27.4 Å². The first-order valence-corrected chi connectivity index (χ1v) is 9.87. The first-order valence-electron chi connectivity index (χ1n) is 9.87. The number of carbonyl (C=O) groups excluding carboxylic acids is 3. The number of amides is 3. The Kier molecular flexibility index (Phi) is 4.22. The van der Waals surface area contributed by atoms with Crippen molar-refractivity contribution in [3.63, 3.8) is 0 Å². The van der Waals surface area contributed by atoms with Crippen molar-refractivity contribution in [1.82, 2.24) is 20.4 Å². The Balaban J connectivity index is 1.30. The molecule has 4 heterocycles. The summed E-state index contributed by atoms with van der Waals surface area (Å²) in [6.07, 6.45) is 0.659. The fraction of sp³-hybridized carbons (Fsp3) is 0.550. The van der Waals surface area contributed by atoms with Crippen molar-refractivity contribution in [3.8, 4) is 0 Å². The Morgan fingerprint density at radius 2 is 2.07 bits per heavy atom. The van der Waals surface area contributed by atoms with Gasteiger partial charge in [0.2, 0.25) is 11.8 Å². The molecule has 28 heavy (non-hydrogen) atoms. The lowest BCUT2D eigenvalue weighted by atomic mass is 9.91. The van der Waals surface area contributed by atoms with E-state index in [0.717, 1.165) is 50.5 Å². The van der Waals surface area contributed by atoms with Gasteiger partial charge in [0.1, 0.15) is 11.6 Å². The summed E-state index contributed by atoms with van der Waals surface area (Å²) in [4.78, 5) is 40.5. The summed E-state index contributed by atoms with van der Waals surface area (Å²) in [5, 5.41) is 5.75. The van der Waals surface area contributed by atoms with Crippen LogP contribution in [0, 0.1) is 0 Å². The zero-order chi connectivity index (χ0) is 19.3. The van der Waals surface area contributed by atoms with E-state index in [2.05, 4.69) is 21.6 Å². The maximum absolute atomic E-state index is 12.9. The van der Waals surface area contributed by atoms with E-state index in [4.69, 9.17) is 4.74 Å². The molecule has 4 aliphatic heterocycles. The molecule has 4 aliphatic rings. The normalized spacial score (nSPS) is 26.9. The van der Waals surface area contributed by atoms with Gasteiger partial charge in [0.15, 0.2) is 0 Å². The van der Waals surface area contributed by atoms with E-state index >= 15 is 0 Å². The van der Waals surface area contributed by atoms with Crippen LogP contribution in [0.5, 0.6) is 0 Å². The molecule has 3 amide bonds. The van der Waals surface area contributed by atoms with Gasteiger partial charge in [-0.05, 0) is 23.6 Å². The lowest BCUT2D eigenvalue weighted by molar-refractivity contribution is -0.158. The smallest absolute Gasteiger partial charge is 0.255 e. The number of nitrogens with one attached hydrogen (secondary N) is 2. The van der Waals surface area contributed by atoms with E-state index in [-0.39, 0.29) is 29.7 Å². The van der Waals surface area contributed by atoms with Crippen LogP contribution in [-0.4, -0.2) is 72.0 Å². The Morgan fingerprint density at radius 3 is 2.82 bits per heavy atom. The maximum Gasteiger partial charge on any atom is 0.255 e. The van der Waals surface area contributed by atoms with Crippen LogP contribution >= 0.6 is 0 Å². The van der Waals surface area contributed by atoms with Crippen LogP contribution in [0.15, 0.2) is 18.2 Å². The highest BCUT2D eigenvalue weighted by atomic mass is 16.5. The summed E-state index contributed by atoms with van der Waals surface area (Å²) >= 11 is 0. The van der Waals surface area contributed by atoms with E-state index in [1.165, 1.54) is 0 Å². The second-order valence-electron chi connectivity index (χ2n) is 8.20. The molecule has 0 bridgehead atoms. The minimum absolute atomic E-state index is 0.0647. The SMILES string of the molecule is O=C1CCC(N2Cc3c(CN4CC5(CNCCO5)C4)cccc3C2=O)C(=O)N1. The van der Waals surface area contributed by atoms with E-state index in [1.54, 1.807) is 4.90 Å². The number of hydrogen-bond acceptors (Lipinski definition) is 6. The number of benzene rings is 1. The van der Waals surface area contributed by atoms with E-state index < -0.39 is 6.04 Å². The number of likely N-dealkylation sites (tertiary alicyclic amines) is 1. The van der Waals surface area contributed by atoms with E-state index in [0.29, 0.717) is 18.5 Å². The summed E-state index contributed by atoms with van der Waals surface area (Å²) in [5.74, 6) is -0.755. The molecule has 1 spiro atoms. The predicted molar refractivity (Wildman–Crippen MR) is 99.3 cm³/mol. The summed E-state index contributed by atoms with van der Waals surface area (Å²) in [5.41, 5.74) is 2.73. The molecule has 5 rings (SSSR count). The van der Waals surface area contributed by atoms with Crippen LogP contribution in [0.2, 0.25) is 0 Å². The molecule has 8 nitrogen and oxygen atoms in total. The molecule has 8 heteroatoms. The molecule has 3 saturated heterocycles. The standard InChI is InChI=1S/C20H24N4O4/c25-17-5-4-16(18(26)22-17)24-9-15-13(2-1-3-14(15)19(24)27)8-23-11-20(12-23)10-21-6-7-28-20/h1-3,16,21H,4-12H2,(H,22,25,26). The highest BCUT2D eigenvalue weighted by Crippen LogP contribution is 2.33. The Bertz CT molecular complexity index is 841. The molecule has 1 unspecified atom stereocenters. The van der Waals surface area contributed by atoms with E-state index in [1.807, 2.05) is 12.1 Å². The molecule has 2 N–H and O–H groups in total. The predicted octanol–water partition coefficient (Wildman–Crippen LogP) is -0.378. The van der Waals surface area contributed by atoms with Gasteiger partial charge >= 0.3 is 0 Å². The second-order valence-corrected chi connectivity index (χ2v) is 8.20.